The average molecular weight is 363 g/mol. The molecular formula is C18H25N3O3S. The summed E-state index contributed by atoms with van der Waals surface area (Å²) in [5, 5.41) is 4.09. The van der Waals surface area contributed by atoms with Crippen LogP contribution in [0.3, 0.4) is 0 Å². The highest BCUT2D eigenvalue weighted by atomic mass is 32.2. The normalized spacial score (nSPS) is 19.9. The smallest absolute Gasteiger partial charge is 0.231 e. The standard InChI is InChI=1S/C18H25N3O3S/c1-18(2,3)15-9-7-13(8-10-15)16-19-17(24-20-16)14-6-5-11-21(12-14)25(4,22)23/h7-10,14H,5-6,11-12H2,1-4H3/t14-/m0/s1. The lowest BCUT2D eigenvalue weighted by Gasteiger charge is -2.28. The van der Waals surface area contributed by atoms with Crippen molar-refractivity contribution in [3.05, 3.63) is 35.7 Å². The average Bonchev–Trinajstić information content (AvgIpc) is 3.03. The van der Waals surface area contributed by atoms with Gasteiger partial charge in [0.05, 0.1) is 12.2 Å². The predicted octanol–water partition coefficient (Wildman–Crippen LogP) is 3.17. The fraction of sp³-hybridized carbons (Fsp3) is 0.556. The summed E-state index contributed by atoms with van der Waals surface area (Å²) < 4.78 is 30.4. The monoisotopic (exact) mass is 363 g/mol. The molecule has 0 N–H and O–H groups in total. The second-order valence-electron chi connectivity index (χ2n) is 7.74. The minimum Gasteiger partial charge on any atom is -0.339 e. The molecule has 0 aliphatic carbocycles. The van der Waals surface area contributed by atoms with Crippen molar-refractivity contribution < 1.29 is 12.9 Å². The number of piperidine rings is 1. The summed E-state index contributed by atoms with van der Waals surface area (Å²) in [5.41, 5.74) is 2.24. The zero-order valence-corrected chi connectivity index (χ0v) is 16.0. The molecule has 2 aromatic rings. The molecule has 1 atom stereocenters. The van der Waals surface area contributed by atoms with E-state index >= 15 is 0 Å². The summed E-state index contributed by atoms with van der Waals surface area (Å²) in [6.07, 6.45) is 2.90. The van der Waals surface area contributed by atoms with E-state index in [4.69, 9.17) is 4.52 Å². The van der Waals surface area contributed by atoms with Gasteiger partial charge in [0.2, 0.25) is 21.7 Å². The maximum atomic E-state index is 11.8. The first-order chi connectivity index (χ1) is 11.6. The van der Waals surface area contributed by atoms with Crippen LogP contribution in [0.1, 0.15) is 51.0 Å². The molecule has 1 aromatic carbocycles. The van der Waals surface area contributed by atoms with Crippen molar-refractivity contribution in [3.63, 3.8) is 0 Å². The van der Waals surface area contributed by atoms with E-state index in [2.05, 4.69) is 43.0 Å². The van der Waals surface area contributed by atoms with Crippen molar-refractivity contribution in [2.24, 2.45) is 0 Å². The van der Waals surface area contributed by atoms with Gasteiger partial charge in [-0.15, -0.1) is 0 Å². The van der Waals surface area contributed by atoms with Crippen LogP contribution in [0.5, 0.6) is 0 Å². The molecule has 6 nitrogen and oxygen atoms in total. The van der Waals surface area contributed by atoms with Crippen molar-refractivity contribution in [3.8, 4) is 11.4 Å². The van der Waals surface area contributed by atoms with Crippen LogP contribution in [-0.4, -0.2) is 42.2 Å². The molecule has 1 fully saturated rings. The lowest BCUT2D eigenvalue weighted by molar-refractivity contribution is 0.266. The van der Waals surface area contributed by atoms with Gasteiger partial charge in [0.25, 0.3) is 0 Å². The van der Waals surface area contributed by atoms with Crippen molar-refractivity contribution in [2.75, 3.05) is 19.3 Å². The zero-order valence-electron chi connectivity index (χ0n) is 15.2. The van der Waals surface area contributed by atoms with Gasteiger partial charge in [0.15, 0.2) is 0 Å². The van der Waals surface area contributed by atoms with Crippen molar-refractivity contribution in [1.29, 1.82) is 0 Å². The molecule has 0 spiro atoms. The predicted molar refractivity (Wildman–Crippen MR) is 96.8 cm³/mol. The summed E-state index contributed by atoms with van der Waals surface area (Å²) in [6, 6.07) is 8.16. The molecule has 0 bridgehead atoms. The molecule has 0 unspecified atom stereocenters. The van der Waals surface area contributed by atoms with Crippen LogP contribution < -0.4 is 0 Å². The van der Waals surface area contributed by atoms with Gasteiger partial charge < -0.3 is 4.52 Å². The van der Waals surface area contributed by atoms with E-state index in [1.54, 1.807) is 0 Å². The van der Waals surface area contributed by atoms with Gasteiger partial charge in [-0.2, -0.15) is 4.98 Å². The number of benzene rings is 1. The number of aromatic nitrogens is 2. The summed E-state index contributed by atoms with van der Waals surface area (Å²) in [7, 11) is -3.19. The van der Waals surface area contributed by atoms with Gasteiger partial charge in [0, 0.05) is 18.7 Å². The lowest BCUT2D eigenvalue weighted by Crippen LogP contribution is -2.38. The first-order valence-corrected chi connectivity index (χ1v) is 10.4. The Hall–Kier alpha value is -1.73. The Morgan fingerprint density at radius 2 is 1.88 bits per heavy atom. The van der Waals surface area contributed by atoms with E-state index in [0.717, 1.165) is 18.4 Å². The van der Waals surface area contributed by atoms with E-state index in [-0.39, 0.29) is 11.3 Å². The fourth-order valence-corrected chi connectivity index (χ4v) is 3.99. The van der Waals surface area contributed by atoms with Gasteiger partial charge in [-0.1, -0.05) is 50.2 Å². The van der Waals surface area contributed by atoms with Gasteiger partial charge in [0.1, 0.15) is 0 Å². The molecule has 1 aliphatic rings. The zero-order chi connectivity index (χ0) is 18.2. The van der Waals surface area contributed by atoms with Gasteiger partial charge in [-0.3, -0.25) is 0 Å². The van der Waals surface area contributed by atoms with Gasteiger partial charge in [-0.05, 0) is 23.8 Å². The van der Waals surface area contributed by atoms with E-state index in [1.807, 2.05) is 12.1 Å². The highest BCUT2D eigenvalue weighted by molar-refractivity contribution is 7.88. The third-order valence-electron chi connectivity index (χ3n) is 4.65. The van der Waals surface area contributed by atoms with Crippen LogP contribution in [0.25, 0.3) is 11.4 Å². The number of hydrogen-bond acceptors (Lipinski definition) is 5. The van der Waals surface area contributed by atoms with Crippen LogP contribution in [0, 0.1) is 0 Å². The summed E-state index contributed by atoms with van der Waals surface area (Å²) in [6.45, 7) is 7.48. The van der Waals surface area contributed by atoms with Gasteiger partial charge >= 0.3 is 0 Å². The SMILES string of the molecule is CC(C)(C)c1ccc(-c2noc([C@H]3CCCN(S(C)(=O)=O)C3)n2)cc1. The van der Waals surface area contributed by atoms with Crippen molar-refractivity contribution in [1.82, 2.24) is 14.4 Å². The Balaban J connectivity index is 1.78. The Morgan fingerprint density at radius 3 is 2.48 bits per heavy atom. The van der Waals surface area contributed by atoms with Crippen LogP contribution in [0.2, 0.25) is 0 Å². The van der Waals surface area contributed by atoms with E-state index in [0.29, 0.717) is 24.8 Å². The van der Waals surface area contributed by atoms with E-state index < -0.39 is 10.0 Å². The Kier molecular flexibility index (Phi) is 4.72. The molecule has 25 heavy (non-hydrogen) atoms. The van der Waals surface area contributed by atoms with E-state index in [1.165, 1.54) is 16.1 Å². The molecule has 2 heterocycles. The maximum Gasteiger partial charge on any atom is 0.231 e. The Morgan fingerprint density at radius 1 is 1.20 bits per heavy atom. The highest BCUT2D eigenvalue weighted by Crippen LogP contribution is 2.29. The van der Waals surface area contributed by atoms with Crippen LogP contribution in [0.15, 0.2) is 28.8 Å². The minimum atomic E-state index is -3.19. The van der Waals surface area contributed by atoms with Gasteiger partial charge in [-0.25, -0.2) is 12.7 Å². The molecule has 7 heteroatoms. The third-order valence-corrected chi connectivity index (χ3v) is 5.92. The number of hydrogen-bond donors (Lipinski definition) is 0. The lowest BCUT2D eigenvalue weighted by atomic mass is 9.87. The second kappa shape index (κ2) is 6.53. The quantitative estimate of drug-likeness (QED) is 0.837. The summed E-state index contributed by atoms with van der Waals surface area (Å²) >= 11 is 0. The second-order valence-corrected chi connectivity index (χ2v) is 9.73. The summed E-state index contributed by atoms with van der Waals surface area (Å²) in [4.78, 5) is 4.51. The highest BCUT2D eigenvalue weighted by Gasteiger charge is 2.30. The van der Waals surface area contributed by atoms with Crippen molar-refractivity contribution >= 4 is 10.0 Å². The first-order valence-electron chi connectivity index (χ1n) is 8.54. The van der Waals surface area contributed by atoms with Crippen LogP contribution in [0.4, 0.5) is 0 Å². The molecule has 0 amide bonds. The van der Waals surface area contributed by atoms with Crippen molar-refractivity contribution in [2.45, 2.75) is 44.9 Å². The third kappa shape index (κ3) is 4.10. The number of rotatable bonds is 3. The Labute approximate surface area is 149 Å². The molecule has 3 rings (SSSR count). The summed E-state index contributed by atoms with van der Waals surface area (Å²) in [5.74, 6) is 1.02. The molecule has 0 saturated carbocycles. The molecule has 1 aromatic heterocycles. The number of sulfonamides is 1. The number of nitrogens with zero attached hydrogens (tertiary/aromatic N) is 3. The molecule has 0 radical (unpaired) electrons. The van der Waals surface area contributed by atoms with Crippen LogP contribution in [-0.2, 0) is 15.4 Å². The first kappa shape index (κ1) is 18.1. The van der Waals surface area contributed by atoms with E-state index in [9.17, 15) is 8.42 Å². The molecule has 136 valence electrons. The van der Waals surface area contributed by atoms with Crippen LogP contribution >= 0.6 is 0 Å². The molecule has 1 saturated heterocycles. The minimum absolute atomic E-state index is 0.0430. The molecule has 1 aliphatic heterocycles. The molecular weight excluding hydrogens is 338 g/mol. The Bertz CT molecular complexity index is 835. The largest absolute Gasteiger partial charge is 0.339 e. The fourth-order valence-electron chi connectivity index (χ4n) is 3.08. The maximum absolute atomic E-state index is 11.8. The topological polar surface area (TPSA) is 76.3 Å².